The lowest BCUT2D eigenvalue weighted by atomic mass is 9.95. The first-order valence-corrected chi connectivity index (χ1v) is 7.76. The Morgan fingerprint density at radius 3 is 2.63 bits per heavy atom. The van der Waals surface area contributed by atoms with Crippen molar-refractivity contribution in [1.29, 1.82) is 0 Å². The van der Waals surface area contributed by atoms with Crippen LogP contribution in [0.3, 0.4) is 0 Å². The largest absolute Gasteiger partial charge is 0.465 e. The van der Waals surface area contributed by atoms with Crippen LogP contribution in [0.2, 0.25) is 0 Å². The molecule has 0 amide bonds. The lowest BCUT2D eigenvalue weighted by Gasteiger charge is -2.17. The highest BCUT2D eigenvalue weighted by atomic mass is 32.1. The zero-order valence-corrected chi connectivity index (χ0v) is 13.0. The molecule has 0 bridgehead atoms. The minimum atomic E-state index is -0.298. The molecule has 1 fully saturated rings. The van der Waals surface area contributed by atoms with Crippen molar-refractivity contribution in [1.82, 2.24) is 5.32 Å². The molecule has 0 aliphatic heterocycles. The number of hydrogen-bond acceptors (Lipinski definition) is 4. The fraction of sp³-hybridized carbons (Fsp3) is 0.667. The Bertz CT molecular complexity index is 443. The van der Waals surface area contributed by atoms with E-state index in [0.29, 0.717) is 12.6 Å². The molecule has 0 saturated heterocycles. The lowest BCUT2D eigenvalue weighted by Crippen LogP contribution is -2.31. The maximum atomic E-state index is 12.1. The fourth-order valence-electron chi connectivity index (χ4n) is 1.89. The van der Waals surface area contributed by atoms with Crippen molar-refractivity contribution >= 4 is 17.3 Å². The van der Waals surface area contributed by atoms with Crippen molar-refractivity contribution in [3.05, 3.63) is 21.9 Å². The molecule has 1 atom stereocenters. The van der Waals surface area contributed by atoms with E-state index in [0.717, 1.165) is 17.7 Å². The minimum absolute atomic E-state index is 0.127. The Hall–Kier alpha value is -0.870. The molecule has 106 valence electrons. The van der Waals surface area contributed by atoms with E-state index < -0.39 is 0 Å². The van der Waals surface area contributed by atoms with Crippen LogP contribution in [0.4, 0.5) is 0 Å². The predicted molar refractivity (Wildman–Crippen MR) is 78.6 cm³/mol. The molecule has 1 saturated carbocycles. The van der Waals surface area contributed by atoms with E-state index in [1.807, 2.05) is 6.92 Å². The van der Waals surface area contributed by atoms with Gasteiger partial charge in [0.25, 0.3) is 0 Å². The number of carbonyl (C=O) groups excluding carboxylic acids is 1. The maximum absolute atomic E-state index is 12.1. The first kappa shape index (κ1) is 14.5. The van der Waals surface area contributed by atoms with Gasteiger partial charge in [0.15, 0.2) is 0 Å². The van der Waals surface area contributed by atoms with E-state index in [1.165, 1.54) is 4.88 Å². The Balaban J connectivity index is 2.16. The van der Waals surface area contributed by atoms with Crippen molar-refractivity contribution in [3.63, 3.8) is 0 Å². The molecular weight excluding hydrogens is 258 g/mol. The van der Waals surface area contributed by atoms with E-state index in [9.17, 15) is 4.79 Å². The van der Waals surface area contributed by atoms with E-state index in [4.69, 9.17) is 4.74 Å². The van der Waals surface area contributed by atoms with Crippen LogP contribution in [-0.4, -0.2) is 18.6 Å². The summed E-state index contributed by atoms with van der Waals surface area (Å²) in [5.41, 5.74) is 0.127. The normalized spacial score (nSPS) is 17.3. The van der Waals surface area contributed by atoms with E-state index in [1.54, 1.807) is 11.3 Å². The molecule has 3 nitrogen and oxygen atoms in total. The summed E-state index contributed by atoms with van der Waals surface area (Å²) < 4.78 is 5.19. The first-order chi connectivity index (χ1) is 8.91. The average molecular weight is 281 g/mol. The quantitative estimate of drug-likeness (QED) is 0.841. The van der Waals surface area contributed by atoms with Crippen LogP contribution in [0.5, 0.6) is 0 Å². The molecule has 1 N–H and O–H groups in total. The molecule has 4 heteroatoms. The van der Waals surface area contributed by atoms with Crippen molar-refractivity contribution in [2.24, 2.45) is 0 Å². The highest BCUT2D eigenvalue weighted by Gasteiger charge is 2.32. The second-order valence-electron chi connectivity index (χ2n) is 6.08. The molecule has 19 heavy (non-hydrogen) atoms. The summed E-state index contributed by atoms with van der Waals surface area (Å²) in [6.45, 7) is 8.85. The summed E-state index contributed by atoms with van der Waals surface area (Å²) in [4.78, 5) is 14.5. The summed E-state index contributed by atoms with van der Waals surface area (Å²) in [5.74, 6) is -0.156. The second-order valence-corrected chi connectivity index (χ2v) is 7.19. The SMILES string of the molecule is CCOC(=O)C(NC1CC1)c1ccc(C(C)(C)C)s1. The number of carbonyl (C=O) groups is 1. The predicted octanol–water partition coefficient (Wildman–Crippen LogP) is 3.40. The molecule has 1 aliphatic rings. The number of esters is 1. The summed E-state index contributed by atoms with van der Waals surface area (Å²) in [5, 5.41) is 3.39. The second kappa shape index (κ2) is 5.63. The molecule has 1 aliphatic carbocycles. The highest BCUT2D eigenvalue weighted by Crippen LogP contribution is 2.34. The molecular formula is C15H23NO2S. The van der Waals surface area contributed by atoms with E-state index >= 15 is 0 Å². The van der Waals surface area contributed by atoms with Gasteiger partial charge in [-0.1, -0.05) is 20.8 Å². The molecule has 0 radical (unpaired) electrons. The minimum Gasteiger partial charge on any atom is -0.465 e. The van der Waals surface area contributed by atoms with Gasteiger partial charge in [-0.25, -0.2) is 4.79 Å². The van der Waals surface area contributed by atoms with Crippen LogP contribution in [0.15, 0.2) is 12.1 Å². The molecule has 1 heterocycles. The van der Waals surface area contributed by atoms with E-state index in [2.05, 4.69) is 38.2 Å². The molecule has 1 unspecified atom stereocenters. The standard InChI is InChI=1S/C15H23NO2S/c1-5-18-14(17)13(16-10-6-7-10)11-8-9-12(19-11)15(2,3)4/h8-10,13,16H,5-7H2,1-4H3. The summed E-state index contributed by atoms with van der Waals surface area (Å²) in [7, 11) is 0. The third-order valence-corrected chi connectivity index (χ3v) is 4.73. The van der Waals surface area contributed by atoms with Crippen LogP contribution < -0.4 is 5.32 Å². The molecule has 0 aromatic carbocycles. The molecule has 2 rings (SSSR count). The number of thiophene rings is 1. The van der Waals surface area contributed by atoms with Gasteiger partial charge in [-0.2, -0.15) is 0 Å². The topological polar surface area (TPSA) is 38.3 Å². The van der Waals surface area contributed by atoms with Gasteiger partial charge in [0, 0.05) is 15.8 Å². The van der Waals surface area contributed by atoms with Crippen molar-refractivity contribution < 1.29 is 9.53 Å². The summed E-state index contributed by atoms with van der Waals surface area (Å²) >= 11 is 1.71. The van der Waals surface area contributed by atoms with Crippen LogP contribution in [0, 0.1) is 0 Å². The van der Waals surface area contributed by atoms with Gasteiger partial charge in [-0.05, 0) is 37.3 Å². The zero-order chi connectivity index (χ0) is 14.0. The Morgan fingerprint density at radius 2 is 2.16 bits per heavy atom. The number of ether oxygens (including phenoxy) is 1. The highest BCUT2D eigenvalue weighted by molar-refractivity contribution is 7.12. The maximum Gasteiger partial charge on any atom is 0.328 e. The van der Waals surface area contributed by atoms with Gasteiger partial charge in [0.1, 0.15) is 6.04 Å². The van der Waals surface area contributed by atoms with Gasteiger partial charge in [-0.15, -0.1) is 11.3 Å². The third-order valence-electron chi connectivity index (χ3n) is 3.15. The van der Waals surface area contributed by atoms with Gasteiger partial charge >= 0.3 is 5.97 Å². The number of hydrogen-bond donors (Lipinski definition) is 1. The monoisotopic (exact) mass is 281 g/mol. The van der Waals surface area contributed by atoms with Gasteiger partial charge in [-0.3, -0.25) is 5.32 Å². The third kappa shape index (κ3) is 3.80. The van der Waals surface area contributed by atoms with Crippen LogP contribution in [0.25, 0.3) is 0 Å². The van der Waals surface area contributed by atoms with Crippen molar-refractivity contribution in [2.45, 2.75) is 58.0 Å². The average Bonchev–Trinajstić information content (AvgIpc) is 2.99. The molecule has 0 spiro atoms. The van der Waals surface area contributed by atoms with Crippen LogP contribution >= 0.6 is 11.3 Å². The van der Waals surface area contributed by atoms with Crippen LogP contribution in [0.1, 0.15) is 56.3 Å². The number of rotatable bonds is 5. The molecule has 1 aromatic heterocycles. The van der Waals surface area contributed by atoms with Gasteiger partial charge in [0.2, 0.25) is 0 Å². The first-order valence-electron chi connectivity index (χ1n) is 6.94. The lowest BCUT2D eigenvalue weighted by molar-refractivity contribution is -0.145. The van der Waals surface area contributed by atoms with Crippen molar-refractivity contribution in [2.75, 3.05) is 6.61 Å². The molecule has 1 aromatic rings. The van der Waals surface area contributed by atoms with Gasteiger partial charge in [0.05, 0.1) is 6.61 Å². The smallest absolute Gasteiger partial charge is 0.328 e. The van der Waals surface area contributed by atoms with Crippen molar-refractivity contribution in [3.8, 4) is 0 Å². The van der Waals surface area contributed by atoms with Crippen LogP contribution in [-0.2, 0) is 14.9 Å². The summed E-state index contributed by atoms with van der Waals surface area (Å²) in [6.07, 6.45) is 2.32. The Labute approximate surface area is 119 Å². The zero-order valence-electron chi connectivity index (χ0n) is 12.2. The Morgan fingerprint density at radius 1 is 1.47 bits per heavy atom. The number of nitrogens with one attached hydrogen (secondary N) is 1. The fourth-order valence-corrected chi connectivity index (χ4v) is 3.00. The summed E-state index contributed by atoms with van der Waals surface area (Å²) in [6, 6.07) is 4.37. The van der Waals surface area contributed by atoms with Gasteiger partial charge < -0.3 is 4.74 Å². The Kier molecular flexibility index (Phi) is 4.31. The van der Waals surface area contributed by atoms with E-state index in [-0.39, 0.29) is 17.4 Å².